The summed E-state index contributed by atoms with van der Waals surface area (Å²) in [6.07, 6.45) is 1.81. The van der Waals surface area contributed by atoms with Crippen LogP contribution in [0.3, 0.4) is 0 Å². The third kappa shape index (κ3) is 6.13. The number of anilines is 4. The Morgan fingerprint density at radius 3 is 2.38 bits per heavy atom. The molecule has 5 N–H and O–H groups in total. The lowest BCUT2D eigenvalue weighted by Gasteiger charge is -2.35. The van der Waals surface area contributed by atoms with E-state index in [4.69, 9.17) is 10.5 Å². The van der Waals surface area contributed by atoms with Crippen LogP contribution in [0.4, 0.5) is 27.9 Å². The molecule has 1 unspecified atom stereocenters. The van der Waals surface area contributed by atoms with Gasteiger partial charge in [0, 0.05) is 62.4 Å². The number of carbonyl (C=O) groups excluding carboxylic acids is 2. The van der Waals surface area contributed by atoms with Gasteiger partial charge in [0.25, 0.3) is 0 Å². The summed E-state index contributed by atoms with van der Waals surface area (Å²) < 4.78 is 5.81. The first-order valence-corrected chi connectivity index (χ1v) is 12.3. The van der Waals surface area contributed by atoms with Crippen LogP contribution in [0.15, 0.2) is 60.8 Å². The van der Waals surface area contributed by atoms with E-state index in [9.17, 15) is 9.59 Å². The number of ether oxygens (including phenoxy) is 1. The van der Waals surface area contributed by atoms with Crippen molar-refractivity contribution in [3.8, 4) is 0 Å². The number of urea groups is 1. The normalized spacial score (nSPS) is 17.8. The highest BCUT2D eigenvalue weighted by Gasteiger charge is 2.22. The highest BCUT2D eigenvalue weighted by Crippen LogP contribution is 2.23. The van der Waals surface area contributed by atoms with Crippen LogP contribution in [0, 0.1) is 0 Å². The number of rotatable bonds is 6. The fourth-order valence-corrected chi connectivity index (χ4v) is 4.33. The minimum absolute atomic E-state index is 0.0745. The molecule has 5 rings (SSSR count). The third-order valence-electron chi connectivity index (χ3n) is 6.42. The van der Waals surface area contributed by atoms with Crippen molar-refractivity contribution in [1.29, 1.82) is 0 Å². The second-order valence-corrected chi connectivity index (χ2v) is 8.89. The Hall–Kier alpha value is -4.22. The van der Waals surface area contributed by atoms with Gasteiger partial charge in [0.1, 0.15) is 5.82 Å². The number of primary amides is 1. The topological polar surface area (TPSA) is 138 Å². The molecule has 3 amide bonds. The van der Waals surface area contributed by atoms with Crippen LogP contribution in [0.5, 0.6) is 0 Å². The second kappa shape index (κ2) is 11.2. The summed E-state index contributed by atoms with van der Waals surface area (Å²) in [6, 6.07) is 16.3. The molecule has 0 saturated carbocycles. The smallest absolute Gasteiger partial charge is 0.321 e. The van der Waals surface area contributed by atoms with Gasteiger partial charge in [-0.3, -0.25) is 4.79 Å². The van der Waals surface area contributed by atoms with Gasteiger partial charge in [0.2, 0.25) is 11.9 Å². The molecule has 3 heterocycles. The van der Waals surface area contributed by atoms with E-state index in [1.54, 1.807) is 35.4 Å². The van der Waals surface area contributed by atoms with E-state index in [2.05, 4.69) is 43.0 Å². The summed E-state index contributed by atoms with van der Waals surface area (Å²) in [6.45, 7) is 4.83. The van der Waals surface area contributed by atoms with Gasteiger partial charge in [-0.15, -0.1) is 0 Å². The molecule has 0 aliphatic carbocycles. The molecular weight excluding hydrogens is 472 g/mol. The number of nitrogens with zero attached hydrogens (tertiary/aromatic N) is 4. The van der Waals surface area contributed by atoms with Gasteiger partial charge in [-0.05, 0) is 48.0 Å². The molecule has 2 fully saturated rings. The lowest BCUT2D eigenvalue weighted by Crippen LogP contribution is -2.50. The Bertz CT molecular complexity index is 1220. The zero-order valence-corrected chi connectivity index (χ0v) is 20.4. The molecule has 11 nitrogen and oxygen atoms in total. The molecule has 0 radical (unpaired) electrons. The van der Waals surface area contributed by atoms with Crippen molar-refractivity contribution in [3.63, 3.8) is 0 Å². The van der Waals surface area contributed by atoms with Gasteiger partial charge in [-0.25, -0.2) is 9.78 Å². The summed E-state index contributed by atoms with van der Waals surface area (Å²) >= 11 is 0. The number of benzene rings is 2. The Balaban J connectivity index is 1.14. The van der Waals surface area contributed by atoms with Gasteiger partial charge in [-0.1, -0.05) is 12.1 Å². The molecule has 2 saturated heterocycles. The predicted octanol–water partition coefficient (Wildman–Crippen LogP) is 2.33. The van der Waals surface area contributed by atoms with Crippen molar-refractivity contribution in [2.75, 3.05) is 61.4 Å². The predicted molar refractivity (Wildman–Crippen MR) is 141 cm³/mol. The highest BCUT2D eigenvalue weighted by molar-refractivity contribution is 5.94. The molecule has 1 aromatic heterocycles. The number of nitrogens with two attached hydrogens (primary N) is 1. The monoisotopic (exact) mass is 502 g/mol. The number of carbonyl (C=O) groups is 2. The van der Waals surface area contributed by atoms with Crippen molar-refractivity contribution >= 4 is 35.1 Å². The largest absolute Gasteiger partial charge is 0.371 e. The minimum atomic E-state index is -0.502. The lowest BCUT2D eigenvalue weighted by atomic mass is 10.1. The van der Waals surface area contributed by atoms with Gasteiger partial charge in [-0.2, -0.15) is 4.98 Å². The van der Waals surface area contributed by atoms with Gasteiger partial charge in [0.15, 0.2) is 0 Å². The summed E-state index contributed by atoms with van der Waals surface area (Å²) in [5.74, 6) is 0.816. The number of piperazine rings is 1. The molecule has 0 spiro atoms. The maximum absolute atomic E-state index is 12.7. The average molecular weight is 503 g/mol. The second-order valence-electron chi connectivity index (χ2n) is 8.89. The number of aromatic nitrogens is 2. The Morgan fingerprint density at radius 2 is 1.70 bits per heavy atom. The number of morpholine rings is 1. The maximum atomic E-state index is 12.7. The van der Waals surface area contributed by atoms with Crippen LogP contribution in [0.25, 0.3) is 0 Å². The summed E-state index contributed by atoms with van der Waals surface area (Å²) in [5.41, 5.74) is 8.31. The highest BCUT2D eigenvalue weighted by atomic mass is 16.5. The standard InChI is InChI=1S/C26H30N8O3/c27-24(35)19-3-7-21(8-4-19)31-26(36)34-14-12-33(13-15-34)23-9-10-29-25(32-23)30-20-5-1-18(2-6-20)22-17-28-11-16-37-22/h1-10,22,28H,11-17H2,(H2,27,35)(H,31,36)(H,29,30,32). The van der Waals surface area contributed by atoms with E-state index in [1.165, 1.54) is 0 Å². The first-order valence-electron chi connectivity index (χ1n) is 12.3. The van der Waals surface area contributed by atoms with E-state index in [0.29, 0.717) is 43.4 Å². The van der Waals surface area contributed by atoms with E-state index >= 15 is 0 Å². The first-order chi connectivity index (χ1) is 18.0. The van der Waals surface area contributed by atoms with Crippen molar-refractivity contribution in [1.82, 2.24) is 20.2 Å². The maximum Gasteiger partial charge on any atom is 0.321 e. The van der Waals surface area contributed by atoms with Crippen molar-refractivity contribution in [3.05, 3.63) is 71.9 Å². The fraction of sp³-hybridized carbons (Fsp3) is 0.308. The van der Waals surface area contributed by atoms with Gasteiger partial charge >= 0.3 is 6.03 Å². The van der Waals surface area contributed by atoms with Crippen LogP contribution < -0.4 is 26.6 Å². The molecule has 192 valence electrons. The lowest BCUT2D eigenvalue weighted by molar-refractivity contribution is 0.0277. The Morgan fingerprint density at radius 1 is 0.973 bits per heavy atom. The summed E-state index contributed by atoms with van der Waals surface area (Å²) in [7, 11) is 0. The molecule has 3 aromatic rings. The van der Waals surface area contributed by atoms with Crippen LogP contribution >= 0.6 is 0 Å². The van der Waals surface area contributed by atoms with Gasteiger partial charge in [0.05, 0.1) is 12.7 Å². The number of hydrogen-bond donors (Lipinski definition) is 4. The van der Waals surface area contributed by atoms with Crippen LogP contribution in [-0.4, -0.2) is 72.7 Å². The minimum Gasteiger partial charge on any atom is -0.371 e. The van der Waals surface area contributed by atoms with Crippen LogP contribution in [0.2, 0.25) is 0 Å². The zero-order valence-electron chi connectivity index (χ0n) is 20.4. The SMILES string of the molecule is NC(=O)c1ccc(NC(=O)N2CCN(c3ccnc(Nc4ccc(C5CNCCO5)cc4)n3)CC2)cc1. The van der Waals surface area contributed by atoms with Crippen LogP contribution in [-0.2, 0) is 4.74 Å². The van der Waals surface area contributed by atoms with Crippen molar-refractivity contribution in [2.24, 2.45) is 5.73 Å². The van der Waals surface area contributed by atoms with Crippen molar-refractivity contribution < 1.29 is 14.3 Å². The molecule has 2 aliphatic heterocycles. The van der Waals surface area contributed by atoms with Crippen molar-refractivity contribution in [2.45, 2.75) is 6.10 Å². The van der Waals surface area contributed by atoms with E-state index in [1.807, 2.05) is 18.2 Å². The number of nitrogens with one attached hydrogen (secondary N) is 3. The Labute approximate surface area is 215 Å². The first kappa shape index (κ1) is 24.5. The summed E-state index contributed by atoms with van der Waals surface area (Å²) in [5, 5.41) is 9.48. The fourth-order valence-electron chi connectivity index (χ4n) is 4.33. The number of hydrogen-bond acceptors (Lipinski definition) is 8. The van der Waals surface area contributed by atoms with Crippen LogP contribution in [0.1, 0.15) is 22.0 Å². The Kier molecular flexibility index (Phi) is 7.43. The van der Waals surface area contributed by atoms with Gasteiger partial charge < -0.3 is 36.2 Å². The molecule has 1 atom stereocenters. The summed E-state index contributed by atoms with van der Waals surface area (Å²) in [4.78, 5) is 36.8. The number of amides is 3. The molecule has 37 heavy (non-hydrogen) atoms. The molecular formula is C26H30N8O3. The molecule has 0 bridgehead atoms. The average Bonchev–Trinajstić information content (AvgIpc) is 2.94. The quantitative estimate of drug-likeness (QED) is 0.403. The van der Waals surface area contributed by atoms with E-state index in [0.717, 1.165) is 36.8 Å². The molecule has 2 aliphatic rings. The van der Waals surface area contributed by atoms with E-state index in [-0.39, 0.29) is 12.1 Å². The molecule has 2 aromatic carbocycles. The third-order valence-corrected chi connectivity index (χ3v) is 6.42. The molecule has 11 heteroatoms. The van der Waals surface area contributed by atoms with E-state index < -0.39 is 5.91 Å². The zero-order chi connectivity index (χ0) is 25.6.